The topological polar surface area (TPSA) is 71.5 Å². The first-order valence-corrected chi connectivity index (χ1v) is 9.86. The lowest BCUT2D eigenvalue weighted by atomic mass is 10.0. The quantitative estimate of drug-likeness (QED) is 0.557. The predicted molar refractivity (Wildman–Crippen MR) is 115 cm³/mol. The van der Waals surface area contributed by atoms with Gasteiger partial charge in [-0.05, 0) is 35.9 Å². The van der Waals surface area contributed by atoms with Crippen molar-refractivity contribution in [1.29, 1.82) is 0 Å². The van der Waals surface area contributed by atoms with E-state index in [0.29, 0.717) is 16.9 Å². The van der Waals surface area contributed by atoms with Crippen LogP contribution in [-0.4, -0.2) is 28.8 Å². The summed E-state index contributed by atoms with van der Waals surface area (Å²) in [7, 11) is 1.42. The molecule has 2 amide bonds. The highest BCUT2D eigenvalue weighted by Gasteiger charge is 2.40. The monoisotopic (exact) mass is 453 g/mol. The molecular weight excluding hydrogens is 435 g/mol. The third-order valence-corrected chi connectivity index (χ3v) is 5.07. The number of benzene rings is 2. The van der Waals surface area contributed by atoms with Gasteiger partial charge in [0.25, 0.3) is 11.8 Å². The van der Waals surface area contributed by atoms with Gasteiger partial charge in [-0.15, -0.1) is 0 Å². The molecule has 0 atom stereocenters. The van der Waals surface area contributed by atoms with Gasteiger partial charge in [-0.3, -0.25) is 19.5 Å². The van der Waals surface area contributed by atoms with Crippen LogP contribution in [-0.2, 0) is 22.3 Å². The van der Waals surface area contributed by atoms with Crippen molar-refractivity contribution >= 4 is 23.1 Å². The van der Waals surface area contributed by atoms with E-state index in [0.717, 1.165) is 17.0 Å². The van der Waals surface area contributed by atoms with E-state index >= 15 is 0 Å². The third kappa shape index (κ3) is 4.43. The van der Waals surface area contributed by atoms with Crippen molar-refractivity contribution in [3.8, 4) is 5.75 Å². The van der Waals surface area contributed by atoms with E-state index in [1.807, 2.05) is 0 Å². The first-order valence-electron chi connectivity index (χ1n) is 9.86. The van der Waals surface area contributed by atoms with Crippen LogP contribution in [0.2, 0.25) is 0 Å². The van der Waals surface area contributed by atoms with Crippen molar-refractivity contribution in [2.45, 2.75) is 12.7 Å². The number of para-hydroxylation sites is 1. The lowest BCUT2D eigenvalue weighted by molar-refractivity contribution is -0.138. The number of amides is 2. The van der Waals surface area contributed by atoms with Gasteiger partial charge < -0.3 is 10.1 Å². The lowest BCUT2D eigenvalue weighted by Gasteiger charge is -2.15. The van der Waals surface area contributed by atoms with Gasteiger partial charge in [-0.1, -0.05) is 30.3 Å². The first-order chi connectivity index (χ1) is 15.8. The second kappa shape index (κ2) is 8.78. The van der Waals surface area contributed by atoms with Crippen LogP contribution < -0.4 is 10.1 Å². The molecule has 168 valence electrons. The van der Waals surface area contributed by atoms with E-state index < -0.39 is 23.6 Å². The Hall–Kier alpha value is -4.14. The number of carbonyl (C=O) groups is 2. The van der Waals surface area contributed by atoms with Crippen molar-refractivity contribution in [2.75, 3.05) is 12.4 Å². The minimum Gasteiger partial charge on any atom is -0.496 e. The molecule has 1 N–H and O–H groups in total. The number of anilines is 1. The van der Waals surface area contributed by atoms with Crippen LogP contribution in [0.5, 0.6) is 5.75 Å². The maximum Gasteiger partial charge on any atom is 0.416 e. The van der Waals surface area contributed by atoms with Crippen molar-refractivity contribution in [3.63, 3.8) is 0 Å². The smallest absolute Gasteiger partial charge is 0.416 e. The van der Waals surface area contributed by atoms with Gasteiger partial charge in [-0.2, -0.15) is 13.2 Å². The largest absolute Gasteiger partial charge is 0.496 e. The van der Waals surface area contributed by atoms with Gasteiger partial charge >= 0.3 is 6.18 Å². The molecule has 6 nitrogen and oxygen atoms in total. The minimum absolute atomic E-state index is 0.0127. The Bertz CT molecular complexity index is 1240. The number of hydrogen-bond acceptors (Lipinski definition) is 5. The zero-order chi connectivity index (χ0) is 23.6. The summed E-state index contributed by atoms with van der Waals surface area (Å²) >= 11 is 0. The number of alkyl halides is 3. The molecule has 4 rings (SSSR count). The number of methoxy groups -OCH3 is 1. The second-order valence-corrected chi connectivity index (χ2v) is 7.21. The van der Waals surface area contributed by atoms with Crippen LogP contribution in [0.25, 0.3) is 5.57 Å². The van der Waals surface area contributed by atoms with Crippen molar-refractivity contribution < 1.29 is 27.5 Å². The van der Waals surface area contributed by atoms with Crippen LogP contribution in [0.4, 0.5) is 18.9 Å². The summed E-state index contributed by atoms with van der Waals surface area (Å²) < 4.78 is 44.9. The van der Waals surface area contributed by atoms with E-state index in [1.165, 1.54) is 25.4 Å². The van der Waals surface area contributed by atoms with Crippen LogP contribution in [0, 0.1) is 0 Å². The number of imide groups is 1. The normalized spacial score (nSPS) is 14.1. The van der Waals surface area contributed by atoms with Gasteiger partial charge in [0, 0.05) is 23.6 Å². The molecule has 33 heavy (non-hydrogen) atoms. The number of nitrogens with zero attached hydrogens (tertiary/aromatic N) is 2. The fraction of sp³-hybridized carbons (Fsp3) is 0.125. The van der Waals surface area contributed by atoms with Crippen molar-refractivity contribution in [1.82, 2.24) is 9.88 Å². The van der Waals surface area contributed by atoms with Crippen LogP contribution >= 0.6 is 0 Å². The molecular formula is C24H18F3N3O3. The highest BCUT2D eigenvalue weighted by atomic mass is 19.4. The Morgan fingerprint density at radius 1 is 1.00 bits per heavy atom. The minimum atomic E-state index is -4.56. The summed E-state index contributed by atoms with van der Waals surface area (Å²) in [6.45, 7) is -0.0437. The summed E-state index contributed by atoms with van der Waals surface area (Å²) in [5.74, 6) is -0.912. The maximum absolute atomic E-state index is 13.4. The molecule has 2 heterocycles. The Kier molecular flexibility index (Phi) is 5.87. The Morgan fingerprint density at radius 3 is 2.48 bits per heavy atom. The Balaban J connectivity index is 1.79. The van der Waals surface area contributed by atoms with E-state index in [2.05, 4.69) is 10.3 Å². The van der Waals surface area contributed by atoms with Gasteiger partial charge in [-0.25, -0.2) is 0 Å². The fourth-order valence-corrected chi connectivity index (χ4v) is 3.53. The number of ether oxygens (including phenoxy) is 1. The molecule has 0 spiro atoms. The zero-order valence-electron chi connectivity index (χ0n) is 17.4. The molecule has 1 aromatic heterocycles. The van der Waals surface area contributed by atoms with Gasteiger partial charge in [0.1, 0.15) is 11.4 Å². The van der Waals surface area contributed by atoms with E-state index in [-0.39, 0.29) is 23.5 Å². The second-order valence-electron chi connectivity index (χ2n) is 7.21. The molecule has 2 aromatic carbocycles. The number of nitrogens with one attached hydrogen (secondary N) is 1. The SMILES string of the molecule is COc1ccccc1C1=C(Nc2cccc(C(F)(F)F)c2)C(=O)N(Cc2cccnc2)C1=O. The van der Waals surface area contributed by atoms with E-state index in [4.69, 9.17) is 4.74 Å². The average Bonchev–Trinajstić information content (AvgIpc) is 3.03. The number of aromatic nitrogens is 1. The predicted octanol–water partition coefficient (Wildman–Crippen LogP) is 4.50. The molecule has 9 heteroatoms. The van der Waals surface area contributed by atoms with E-state index in [9.17, 15) is 22.8 Å². The maximum atomic E-state index is 13.4. The molecule has 3 aromatic rings. The highest BCUT2D eigenvalue weighted by molar-refractivity contribution is 6.36. The van der Waals surface area contributed by atoms with Crippen LogP contribution in [0.3, 0.4) is 0 Å². The van der Waals surface area contributed by atoms with Crippen LogP contribution in [0.1, 0.15) is 16.7 Å². The molecule has 0 saturated heterocycles. The molecule has 0 aliphatic carbocycles. The summed E-state index contributed by atoms with van der Waals surface area (Å²) in [6.07, 6.45) is -1.46. The summed E-state index contributed by atoms with van der Waals surface area (Å²) in [6, 6.07) is 14.4. The molecule has 1 aliphatic rings. The molecule has 0 radical (unpaired) electrons. The molecule has 0 saturated carbocycles. The number of halogens is 3. The Labute approximate surface area is 187 Å². The summed E-state index contributed by atoms with van der Waals surface area (Å²) in [5.41, 5.74) is -0.000550. The summed E-state index contributed by atoms with van der Waals surface area (Å²) in [4.78, 5) is 31.7. The number of carbonyl (C=O) groups excluding carboxylic acids is 2. The number of rotatable bonds is 6. The lowest BCUT2D eigenvalue weighted by Crippen LogP contribution is -2.32. The standard InChI is InChI=1S/C24H18F3N3O3/c1-33-19-10-3-2-9-18(19)20-21(29-17-8-4-7-16(12-17)24(25,26)27)23(32)30(22(20)31)14-15-6-5-11-28-13-15/h2-13,29H,14H2,1H3. The van der Waals surface area contributed by atoms with Crippen molar-refractivity contribution in [3.05, 3.63) is 95.4 Å². The molecule has 0 unspecified atom stereocenters. The number of pyridine rings is 1. The highest BCUT2D eigenvalue weighted by Crippen LogP contribution is 2.37. The Morgan fingerprint density at radius 2 is 1.79 bits per heavy atom. The van der Waals surface area contributed by atoms with Gasteiger partial charge in [0.05, 0.1) is 24.8 Å². The number of hydrogen-bond donors (Lipinski definition) is 1. The van der Waals surface area contributed by atoms with Crippen LogP contribution in [0.15, 0.2) is 78.8 Å². The molecule has 1 aliphatic heterocycles. The van der Waals surface area contributed by atoms with Gasteiger partial charge in [0.2, 0.25) is 0 Å². The van der Waals surface area contributed by atoms with Crippen molar-refractivity contribution in [2.24, 2.45) is 0 Å². The average molecular weight is 453 g/mol. The zero-order valence-corrected chi connectivity index (χ0v) is 17.4. The first kappa shape index (κ1) is 22.1. The third-order valence-electron chi connectivity index (χ3n) is 5.07. The summed E-state index contributed by atoms with van der Waals surface area (Å²) in [5, 5.41) is 2.75. The van der Waals surface area contributed by atoms with E-state index in [1.54, 1.807) is 42.6 Å². The molecule has 0 fully saturated rings. The fourth-order valence-electron chi connectivity index (χ4n) is 3.53. The van der Waals surface area contributed by atoms with Gasteiger partial charge in [0.15, 0.2) is 0 Å². The molecule has 0 bridgehead atoms.